The van der Waals surface area contributed by atoms with Gasteiger partial charge in [0.25, 0.3) is 0 Å². The number of hydrogen-bond acceptors (Lipinski definition) is 6. The Morgan fingerprint density at radius 1 is 1.11 bits per heavy atom. The molecule has 0 aliphatic carbocycles. The molecule has 0 atom stereocenters. The SMILES string of the molecule is CCOC(=O)NN(C(=O)OCC)C(=CN(C)C)C(=O)c1ccc(Cl)cc1Cl. The van der Waals surface area contributed by atoms with Crippen LogP contribution in [0.25, 0.3) is 0 Å². The van der Waals surface area contributed by atoms with Gasteiger partial charge in [0.2, 0.25) is 5.78 Å². The first-order valence-corrected chi connectivity index (χ1v) is 8.75. The fourth-order valence-electron chi connectivity index (χ4n) is 1.92. The van der Waals surface area contributed by atoms with Crippen LogP contribution in [0.2, 0.25) is 10.0 Å². The number of Topliss-reactive ketones (excluding diaryl/α,β-unsaturated/α-hetero) is 1. The molecule has 0 bridgehead atoms. The number of halogens is 2. The molecule has 1 aromatic rings. The van der Waals surface area contributed by atoms with E-state index in [0.717, 1.165) is 0 Å². The fraction of sp³-hybridized carbons (Fsp3) is 0.353. The van der Waals surface area contributed by atoms with Gasteiger partial charge in [-0.25, -0.2) is 15.0 Å². The number of allylic oxidation sites excluding steroid dienone is 1. The zero-order chi connectivity index (χ0) is 20.6. The Kier molecular flexibility index (Phi) is 8.90. The lowest BCUT2D eigenvalue weighted by Crippen LogP contribution is -2.48. The number of carbonyl (C=O) groups excluding carboxylic acids is 3. The summed E-state index contributed by atoms with van der Waals surface area (Å²) in [6.45, 7) is 3.30. The second-order valence-corrected chi connectivity index (χ2v) is 6.14. The second kappa shape index (κ2) is 10.6. The van der Waals surface area contributed by atoms with Crippen molar-refractivity contribution in [3.63, 3.8) is 0 Å². The molecule has 0 heterocycles. The molecule has 0 spiro atoms. The van der Waals surface area contributed by atoms with Crippen LogP contribution in [-0.2, 0) is 9.47 Å². The van der Waals surface area contributed by atoms with Crippen molar-refractivity contribution >= 4 is 41.2 Å². The first-order valence-electron chi connectivity index (χ1n) is 7.99. The lowest BCUT2D eigenvalue weighted by molar-refractivity contribution is 0.0781. The zero-order valence-electron chi connectivity index (χ0n) is 15.4. The van der Waals surface area contributed by atoms with Crippen LogP contribution < -0.4 is 5.43 Å². The molecule has 0 aliphatic rings. The van der Waals surface area contributed by atoms with Crippen LogP contribution in [0.5, 0.6) is 0 Å². The number of amides is 2. The van der Waals surface area contributed by atoms with Crippen molar-refractivity contribution in [3.05, 3.63) is 45.7 Å². The van der Waals surface area contributed by atoms with Crippen molar-refractivity contribution in [1.82, 2.24) is 15.3 Å². The average Bonchev–Trinajstić information content (AvgIpc) is 2.57. The highest BCUT2D eigenvalue weighted by Gasteiger charge is 2.29. The minimum absolute atomic E-state index is 0.0327. The van der Waals surface area contributed by atoms with Gasteiger partial charge in [-0.05, 0) is 32.0 Å². The molecule has 1 aromatic carbocycles. The first-order chi connectivity index (χ1) is 12.7. The molecule has 0 aromatic heterocycles. The van der Waals surface area contributed by atoms with Crippen LogP contribution in [0.4, 0.5) is 9.59 Å². The molecule has 0 aliphatic heterocycles. The number of nitrogens with zero attached hydrogens (tertiary/aromatic N) is 2. The molecule has 148 valence electrons. The Hall–Kier alpha value is -2.45. The molecule has 2 amide bonds. The van der Waals surface area contributed by atoms with E-state index in [1.807, 2.05) is 0 Å². The average molecular weight is 418 g/mol. The number of hydrazine groups is 1. The van der Waals surface area contributed by atoms with Crippen LogP contribution in [0, 0.1) is 0 Å². The lowest BCUT2D eigenvalue weighted by atomic mass is 10.1. The van der Waals surface area contributed by atoms with Gasteiger partial charge in [-0.2, -0.15) is 5.01 Å². The van der Waals surface area contributed by atoms with E-state index in [1.54, 1.807) is 27.9 Å². The number of ether oxygens (including phenoxy) is 2. The van der Waals surface area contributed by atoms with E-state index >= 15 is 0 Å². The molecular formula is C17H21Cl2N3O5. The maximum absolute atomic E-state index is 13.0. The third-order valence-electron chi connectivity index (χ3n) is 2.96. The maximum Gasteiger partial charge on any atom is 0.433 e. The van der Waals surface area contributed by atoms with Crippen molar-refractivity contribution in [2.75, 3.05) is 27.3 Å². The highest BCUT2D eigenvalue weighted by molar-refractivity contribution is 6.37. The molecule has 0 saturated heterocycles. The van der Waals surface area contributed by atoms with Gasteiger partial charge in [0.1, 0.15) is 5.70 Å². The van der Waals surface area contributed by atoms with E-state index in [2.05, 4.69) is 5.43 Å². The van der Waals surface area contributed by atoms with E-state index in [-0.39, 0.29) is 29.5 Å². The van der Waals surface area contributed by atoms with Gasteiger partial charge in [-0.1, -0.05) is 23.2 Å². The third kappa shape index (κ3) is 6.65. The highest BCUT2D eigenvalue weighted by Crippen LogP contribution is 2.24. The normalized spacial score (nSPS) is 10.8. The lowest BCUT2D eigenvalue weighted by Gasteiger charge is -2.25. The summed E-state index contributed by atoms with van der Waals surface area (Å²) in [6, 6.07) is 4.31. The minimum atomic E-state index is -0.961. The van der Waals surface area contributed by atoms with Gasteiger partial charge >= 0.3 is 12.2 Å². The van der Waals surface area contributed by atoms with Gasteiger partial charge in [-0.15, -0.1) is 0 Å². The summed E-state index contributed by atoms with van der Waals surface area (Å²) in [5, 5.41) is 1.12. The molecule has 10 heteroatoms. The quantitative estimate of drug-likeness (QED) is 0.431. The Labute approximate surface area is 167 Å². The van der Waals surface area contributed by atoms with Crippen LogP contribution >= 0.6 is 23.2 Å². The predicted molar refractivity (Wildman–Crippen MR) is 102 cm³/mol. The van der Waals surface area contributed by atoms with E-state index in [4.69, 9.17) is 32.7 Å². The number of hydrogen-bond donors (Lipinski definition) is 1. The van der Waals surface area contributed by atoms with Crippen molar-refractivity contribution in [2.45, 2.75) is 13.8 Å². The van der Waals surface area contributed by atoms with E-state index in [1.165, 1.54) is 29.3 Å². The topological polar surface area (TPSA) is 88.2 Å². The Bertz CT molecular complexity index is 737. The Morgan fingerprint density at radius 3 is 2.26 bits per heavy atom. The van der Waals surface area contributed by atoms with Gasteiger partial charge in [0.05, 0.1) is 18.2 Å². The first kappa shape index (κ1) is 22.6. The monoisotopic (exact) mass is 417 g/mol. The van der Waals surface area contributed by atoms with Gasteiger partial charge in [-0.3, -0.25) is 4.79 Å². The largest absolute Gasteiger partial charge is 0.449 e. The summed E-state index contributed by atoms with van der Waals surface area (Å²) >= 11 is 12.0. The summed E-state index contributed by atoms with van der Waals surface area (Å²) in [5.41, 5.74) is 2.10. The summed E-state index contributed by atoms with van der Waals surface area (Å²) < 4.78 is 9.72. The van der Waals surface area contributed by atoms with Crippen molar-refractivity contribution in [2.24, 2.45) is 0 Å². The number of ketones is 1. The van der Waals surface area contributed by atoms with E-state index in [0.29, 0.717) is 10.0 Å². The van der Waals surface area contributed by atoms with Gasteiger partial charge < -0.3 is 14.4 Å². The number of carbonyl (C=O) groups is 3. The van der Waals surface area contributed by atoms with Gasteiger partial charge in [0, 0.05) is 30.9 Å². The summed E-state index contributed by atoms with van der Waals surface area (Å²) in [5.74, 6) is -0.629. The second-order valence-electron chi connectivity index (χ2n) is 5.30. The summed E-state index contributed by atoms with van der Waals surface area (Å²) in [7, 11) is 3.29. The van der Waals surface area contributed by atoms with Crippen LogP contribution in [-0.4, -0.2) is 55.2 Å². The third-order valence-corrected chi connectivity index (χ3v) is 3.51. The van der Waals surface area contributed by atoms with E-state index < -0.39 is 18.0 Å². The molecular weight excluding hydrogens is 397 g/mol. The maximum atomic E-state index is 13.0. The summed E-state index contributed by atoms with van der Waals surface area (Å²) in [4.78, 5) is 38.8. The molecule has 0 radical (unpaired) electrons. The van der Waals surface area contributed by atoms with Crippen LogP contribution in [0.15, 0.2) is 30.1 Å². The van der Waals surface area contributed by atoms with Crippen molar-refractivity contribution in [1.29, 1.82) is 0 Å². The number of rotatable bonds is 6. The molecule has 27 heavy (non-hydrogen) atoms. The molecule has 1 N–H and O–H groups in total. The molecule has 0 fully saturated rings. The minimum Gasteiger partial charge on any atom is -0.449 e. The van der Waals surface area contributed by atoms with E-state index in [9.17, 15) is 14.4 Å². The van der Waals surface area contributed by atoms with Gasteiger partial charge in [0.15, 0.2) is 0 Å². The zero-order valence-corrected chi connectivity index (χ0v) is 16.9. The molecule has 0 unspecified atom stereocenters. The van der Waals surface area contributed by atoms with Crippen LogP contribution in [0.1, 0.15) is 24.2 Å². The van der Waals surface area contributed by atoms with Crippen LogP contribution in [0.3, 0.4) is 0 Å². The van der Waals surface area contributed by atoms with Crippen molar-refractivity contribution in [3.8, 4) is 0 Å². The Morgan fingerprint density at radius 2 is 1.74 bits per heavy atom. The number of nitrogens with one attached hydrogen (secondary N) is 1. The number of benzene rings is 1. The van der Waals surface area contributed by atoms with Crippen molar-refractivity contribution < 1.29 is 23.9 Å². The fourth-order valence-corrected chi connectivity index (χ4v) is 2.42. The predicted octanol–water partition coefficient (Wildman–Crippen LogP) is 3.70. The molecule has 0 saturated carbocycles. The summed E-state index contributed by atoms with van der Waals surface area (Å²) in [6.07, 6.45) is -0.543. The molecule has 1 rings (SSSR count). The molecule has 8 nitrogen and oxygen atoms in total. The smallest absolute Gasteiger partial charge is 0.433 e. The Balaban J connectivity index is 3.38. The highest BCUT2D eigenvalue weighted by atomic mass is 35.5. The standard InChI is InChI=1S/C17H21Cl2N3O5/c1-5-26-16(24)20-22(17(25)27-6-2)14(10-21(3)4)15(23)12-8-7-11(18)9-13(12)19/h7-10H,5-6H2,1-4H3,(H,20,24).